The molecule has 0 spiro atoms. The van der Waals surface area contributed by atoms with Gasteiger partial charge in [-0.15, -0.1) is 0 Å². The summed E-state index contributed by atoms with van der Waals surface area (Å²) in [4.78, 5) is 27.6. The molecule has 1 unspecified atom stereocenters. The minimum Gasteiger partial charge on any atom is -0.336 e. The molecule has 1 atom stereocenters. The smallest absolute Gasteiger partial charge is 0.321 e. The average Bonchev–Trinajstić information content (AvgIpc) is 2.93. The fraction of sp³-hybridized carbons (Fsp3) is 0.467. The molecule has 0 aliphatic carbocycles. The molecule has 1 aromatic carbocycles. The van der Waals surface area contributed by atoms with E-state index in [-0.39, 0.29) is 11.9 Å². The minimum atomic E-state index is -0.0787. The van der Waals surface area contributed by atoms with Crippen molar-refractivity contribution < 1.29 is 9.59 Å². The van der Waals surface area contributed by atoms with Gasteiger partial charge in [0.1, 0.15) is 0 Å². The molecule has 112 valence electrons. The summed E-state index contributed by atoms with van der Waals surface area (Å²) < 4.78 is 0. The van der Waals surface area contributed by atoms with Crippen LogP contribution in [0, 0.1) is 0 Å². The fourth-order valence-electron chi connectivity index (χ4n) is 2.80. The maximum absolute atomic E-state index is 12.4. The second kappa shape index (κ2) is 5.73. The van der Waals surface area contributed by atoms with Crippen molar-refractivity contribution >= 4 is 17.6 Å². The highest BCUT2D eigenvalue weighted by Gasteiger charge is 2.23. The van der Waals surface area contributed by atoms with Crippen molar-refractivity contribution in [3.05, 3.63) is 29.8 Å². The number of hydrogen-bond acceptors (Lipinski definition) is 3. The lowest BCUT2D eigenvalue weighted by molar-refractivity contribution is 0.0709. The van der Waals surface area contributed by atoms with E-state index in [1.54, 1.807) is 17.0 Å². The molecule has 2 aliphatic rings. The van der Waals surface area contributed by atoms with Crippen molar-refractivity contribution in [2.75, 3.05) is 37.6 Å². The molecule has 0 aromatic heterocycles. The Morgan fingerprint density at radius 3 is 2.57 bits per heavy atom. The van der Waals surface area contributed by atoms with E-state index in [0.717, 1.165) is 25.3 Å². The number of urea groups is 1. The third kappa shape index (κ3) is 2.85. The van der Waals surface area contributed by atoms with Gasteiger partial charge >= 0.3 is 6.03 Å². The van der Waals surface area contributed by atoms with Gasteiger partial charge < -0.3 is 15.5 Å². The Bertz CT molecular complexity index is 543. The number of amides is 3. The van der Waals surface area contributed by atoms with Crippen LogP contribution < -0.4 is 15.5 Å². The van der Waals surface area contributed by atoms with Gasteiger partial charge in [-0.3, -0.25) is 9.69 Å². The Morgan fingerprint density at radius 1 is 1.19 bits per heavy atom. The normalized spacial score (nSPS) is 22.3. The standard InChI is InChI=1S/C15H20N4O2/c1-11-10-18(8-6-16-11)14(20)12-2-4-13(5-3-12)19-9-7-17-15(19)21/h2-5,11,16H,6-10H2,1H3,(H,17,21). The van der Waals surface area contributed by atoms with E-state index in [9.17, 15) is 9.59 Å². The first-order valence-corrected chi connectivity index (χ1v) is 7.33. The topological polar surface area (TPSA) is 64.7 Å². The van der Waals surface area contributed by atoms with E-state index in [0.29, 0.717) is 24.7 Å². The number of benzene rings is 1. The Labute approximate surface area is 124 Å². The lowest BCUT2D eigenvalue weighted by Gasteiger charge is -2.32. The SMILES string of the molecule is CC1CN(C(=O)c2ccc(N3CCNC3=O)cc2)CCN1. The molecule has 2 N–H and O–H groups in total. The average molecular weight is 288 g/mol. The highest BCUT2D eigenvalue weighted by atomic mass is 16.2. The summed E-state index contributed by atoms with van der Waals surface area (Å²) in [6.07, 6.45) is 0. The van der Waals surface area contributed by atoms with Gasteiger partial charge in [-0.25, -0.2) is 4.79 Å². The number of hydrogen-bond donors (Lipinski definition) is 2. The van der Waals surface area contributed by atoms with Crippen molar-refractivity contribution in [1.29, 1.82) is 0 Å². The summed E-state index contributed by atoms with van der Waals surface area (Å²) in [5.74, 6) is 0.0563. The summed E-state index contributed by atoms with van der Waals surface area (Å²) >= 11 is 0. The number of nitrogens with zero attached hydrogens (tertiary/aromatic N) is 2. The summed E-state index contributed by atoms with van der Waals surface area (Å²) in [5, 5.41) is 6.09. The molecule has 21 heavy (non-hydrogen) atoms. The lowest BCUT2D eigenvalue weighted by Crippen LogP contribution is -2.51. The van der Waals surface area contributed by atoms with Gasteiger partial charge in [-0.1, -0.05) is 0 Å². The number of anilines is 1. The molecule has 1 aromatic rings. The van der Waals surface area contributed by atoms with Gasteiger partial charge in [0.05, 0.1) is 0 Å². The highest BCUT2D eigenvalue weighted by molar-refractivity contribution is 5.97. The molecule has 3 rings (SSSR count). The lowest BCUT2D eigenvalue weighted by atomic mass is 10.1. The van der Waals surface area contributed by atoms with Crippen molar-refractivity contribution in [2.24, 2.45) is 0 Å². The van der Waals surface area contributed by atoms with Crippen molar-refractivity contribution in [3.63, 3.8) is 0 Å². The molecule has 3 amide bonds. The zero-order chi connectivity index (χ0) is 14.8. The first-order chi connectivity index (χ1) is 10.1. The molecule has 0 bridgehead atoms. The summed E-state index contributed by atoms with van der Waals surface area (Å²) in [5.41, 5.74) is 1.50. The Kier molecular flexibility index (Phi) is 3.79. The zero-order valence-electron chi connectivity index (χ0n) is 12.1. The van der Waals surface area contributed by atoms with Crippen LogP contribution in [0.15, 0.2) is 24.3 Å². The first kappa shape index (κ1) is 13.9. The Hall–Kier alpha value is -2.08. The number of rotatable bonds is 2. The molecular formula is C15H20N4O2. The van der Waals surface area contributed by atoms with E-state index in [2.05, 4.69) is 17.6 Å². The molecule has 6 heteroatoms. The van der Waals surface area contributed by atoms with Gasteiger partial charge in [0, 0.05) is 50.0 Å². The van der Waals surface area contributed by atoms with E-state index in [1.165, 1.54) is 0 Å². The minimum absolute atomic E-state index is 0.0563. The van der Waals surface area contributed by atoms with Crippen LogP contribution in [0.5, 0.6) is 0 Å². The van der Waals surface area contributed by atoms with E-state index < -0.39 is 0 Å². The Morgan fingerprint density at radius 2 is 1.95 bits per heavy atom. The summed E-state index contributed by atoms with van der Waals surface area (Å²) in [6.45, 7) is 5.71. The molecule has 2 aliphatic heterocycles. The van der Waals surface area contributed by atoms with Crippen LogP contribution in [-0.4, -0.2) is 55.6 Å². The van der Waals surface area contributed by atoms with Crippen LogP contribution in [0.1, 0.15) is 17.3 Å². The molecule has 0 radical (unpaired) electrons. The fourth-order valence-corrected chi connectivity index (χ4v) is 2.80. The molecule has 2 fully saturated rings. The maximum Gasteiger partial charge on any atom is 0.321 e. The van der Waals surface area contributed by atoms with Crippen LogP contribution in [0.3, 0.4) is 0 Å². The van der Waals surface area contributed by atoms with Crippen LogP contribution in [-0.2, 0) is 0 Å². The molecule has 0 saturated carbocycles. The number of carbonyl (C=O) groups is 2. The summed E-state index contributed by atoms with van der Waals surface area (Å²) in [7, 11) is 0. The molecular weight excluding hydrogens is 268 g/mol. The third-order valence-corrected chi connectivity index (χ3v) is 3.94. The van der Waals surface area contributed by atoms with Gasteiger partial charge in [-0.05, 0) is 31.2 Å². The van der Waals surface area contributed by atoms with Crippen molar-refractivity contribution in [1.82, 2.24) is 15.5 Å². The van der Waals surface area contributed by atoms with E-state index in [1.807, 2.05) is 17.0 Å². The number of piperazine rings is 1. The first-order valence-electron chi connectivity index (χ1n) is 7.33. The van der Waals surface area contributed by atoms with E-state index >= 15 is 0 Å². The third-order valence-electron chi connectivity index (χ3n) is 3.94. The van der Waals surface area contributed by atoms with E-state index in [4.69, 9.17) is 0 Å². The van der Waals surface area contributed by atoms with Crippen molar-refractivity contribution in [3.8, 4) is 0 Å². The largest absolute Gasteiger partial charge is 0.336 e. The zero-order valence-corrected chi connectivity index (χ0v) is 12.1. The van der Waals surface area contributed by atoms with Crippen LogP contribution >= 0.6 is 0 Å². The molecule has 2 saturated heterocycles. The van der Waals surface area contributed by atoms with Gasteiger partial charge in [-0.2, -0.15) is 0 Å². The predicted molar refractivity (Wildman–Crippen MR) is 80.6 cm³/mol. The van der Waals surface area contributed by atoms with Crippen LogP contribution in [0.4, 0.5) is 10.5 Å². The van der Waals surface area contributed by atoms with Gasteiger partial charge in [0.15, 0.2) is 0 Å². The quantitative estimate of drug-likeness (QED) is 0.840. The monoisotopic (exact) mass is 288 g/mol. The van der Waals surface area contributed by atoms with Crippen LogP contribution in [0.25, 0.3) is 0 Å². The van der Waals surface area contributed by atoms with Crippen molar-refractivity contribution in [2.45, 2.75) is 13.0 Å². The second-order valence-corrected chi connectivity index (χ2v) is 5.54. The predicted octanol–water partition coefficient (Wildman–Crippen LogP) is 0.650. The highest BCUT2D eigenvalue weighted by Crippen LogP contribution is 2.18. The second-order valence-electron chi connectivity index (χ2n) is 5.54. The number of carbonyl (C=O) groups excluding carboxylic acids is 2. The molecule has 2 heterocycles. The van der Waals surface area contributed by atoms with Crippen LogP contribution in [0.2, 0.25) is 0 Å². The Balaban J connectivity index is 1.71. The maximum atomic E-state index is 12.4. The summed E-state index contributed by atoms with van der Waals surface area (Å²) in [6, 6.07) is 7.53. The number of nitrogens with one attached hydrogen (secondary N) is 2. The van der Waals surface area contributed by atoms with Gasteiger partial charge in [0.2, 0.25) is 0 Å². The molecule has 6 nitrogen and oxygen atoms in total. The van der Waals surface area contributed by atoms with Gasteiger partial charge in [0.25, 0.3) is 5.91 Å².